The van der Waals surface area contributed by atoms with Crippen LogP contribution in [-0.4, -0.2) is 15.9 Å². The predicted octanol–water partition coefficient (Wildman–Crippen LogP) is 4.23. The number of carbonyl (C=O) groups excluding carboxylic acids is 1. The Kier molecular flexibility index (Phi) is 4.70. The molecule has 2 aromatic carbocycles. The molecule has 0 atom stereocenters. The summed E-state index contributed by atoms with van der Waals surface area (Å²) in [4.78, 5) is 20.6. The van der Waals surface area contributed by atoms with Gasteiger partial charge < -0.3 is 10.6 Å². The molecule has 5 nitrogen and oxygen atoms in total. The summed E-state index contributed by atoms with van der Waals surface area (Å²) >= 11 is 0. The van der Waals surface area contributed by atoms with Crippen molar-refractivity contribution in [2.24, 2.45) is 0 Å². The number of hydrogen-bond donors (Lipinski definition) is 2. The molecule has 1 amide bonds. The molecule has 3 aromatic rings. The predicted molar refractivity (Wildman–Crippen MR) is 95.6 cm³/mol. The van der Waals surface area contributed by atoms with Gasteiger partial charge in [-0.05, 0) is 49.7 Å². The summed E-state index contributed by atoms with van der Waals surface area (Å²) in [7, 11) is 0. The zero-order valence-corrected chi connectivity index (χ0v) is 13.9. The molecule has 0 bridgehead atoms. The highest BCUT2D eigenvalue weighted by atomic mass is 19.1. The summed E-state index contributed by atoms with van der Waals surface area (Å²) in [5, 5.41) is 5.82. The average molecular weight is 336 g/mol. The Bertz CT molecular complexity index is 892. The molecule has 0 aliphatic carbocycles. The fraction of sp³-hybridized carbons (Fsp3) is 0.105. The van der Waals surface area contributed by atoms with Crippen LogP contribution in [0.5, 0.6) is 0 Å². The number of anilines is 3. The minimum Gasteiger partial charge on any atom is -0.339 e. The van der Waals surface area contributed by atoms with Crippen LogP contribution in [0.3, 0.4) is 0 Å². The smallest absolute Gasteiger partial charge is 0.275 e. The Balaban J connectivity index is 1.68. The molecule has 126 valence electrons. The zero-order valence-electron chi connectivity index (χ0n) is 13.9. The third-order valence-corrected chi connectivity index (χ3v) is 3.63. The Morgan fingerprint density at radius 1 is 1.00 bits per heavy atom. The van der Waals surface area contributed by atoms with Gasteiger partial charge in [0.05, 0.1) is 12.4 Å². The van der Waals surface area contributed by atoms with Gasteiger partial charge in [0, 0.05) is 11.4 Å². The van der Waals surface area contributed by atoms with Crippen LogP contribution in [0.25, 0.3) is 0 Å². The van der Waals surface area contributed by atoms with E-state index in [1.807, 2.05) is 32.0 Å². The molecule has 2 N–H and O–H groups in total. The van der Waals surface area contributed by atoms with Crippen molar-refractivity contribution in [2.75, 3.05) is 10.6 Å². The highest BCUT2D eigenvalue weighted by molar-refractivity contribution is 6.03. The lowest BCUT2D eigenvalue weighted by molar-refractivity contribution is 0.102. The maximum absolute atomic E-state index is 12.9. The number of nitrogens with one attached hydrogen (secondary N) is 2. The highest BCUT2D eigenvalue weighted by Gasteiger charge is 2.10. The van der Waals surface area contributed by atoms with E-state index in [4.69, 9.17) is 0 Å². The monoisotopic (exact) mass is 336 g/mol. The van der Waals surface area contributed by atoms with Crippen LogP contribution in [0.4, 0.5) is 21.6 Å². The third-order valence-electron chi connectivity index (χ3n) is 3.63. The van der Waals surface area contributed by atoms with Crippen LogP contribution in [-0.2, 0) is 0 Å². The van der Waals surface area contributed by atoms with Crippen molar-refractivity contribution in [1.82, 2.24) is 9.97 Å². The first-order chi connectivity index (χ1) is 12.0. The van der Waals surface area contributed by atoms with Gasteiger partial charge in [-0.25, -0.2) is 14.4 Å². The van der Waals surface area contributed by atoms with Crippen molar-refractivity contribution in [1.29, 1.82) is 0 Å². The van der Waals surface area contributed by atoms with Crippen LogP contribution >= 0.6 is 0 Å². The second kappa shape index (κ2) is 7.09. The molecule has 6 heteroatoms. The van der Waals surface area contributed by atoms with Gasteiger partial charge in [0.25, 0.3) is 5.91 Å². The summed E-state index contributed by atoms with van der Waals surface area (Å²) in [5.74, 6) is -0.169. The van der Waals surface area contributed by atoms with Gasteiger partial charge >= 0.3 is 0 Å². The van der Waals surface area contributed by atoms with E-state index >= 15 is 0 Å². The van der Waals surface area contributed by atoms with Gasteiger partial charge in [0.1, 0.15) is 17.3 Å². The first-order valence-electron chi connectivity index (χ1n) is 7.74. The molecule has 25 heavy (non-hydrogen) atoms. The first-order valence-corrected chi connectivity index (χ1v) is 7.74. The number of aryl methyl sites for hydroxylation is 2. The summed E-state index contributed by atoms with van der Waals surface area (Å²) in [6.45, 7) is 3.93. The lowest BCUT2D eigenvalue weighted by Gasteiger charge is -2.09. The molecule has 0 saturated carbocycles. The standard InChI is InChI=1S/C19H17FN4O/c1-12-3-8-16(13(2)9-12)24-19(25)17-10-22-18(11-21-17)23-15-6-4-14(20)5-7-15/h3-11H,1-2H3,(H,22,23)(H,24,25). The number of aromatic nitrogens is 2. The topological polar surface area (TPSA) is 66.9 Å². The lowest BCUT2D eigenvalue weighted by Crippen LogP contribution is -2.15. The number of halogens is 1. The number of amides is 1. The second-order valence-electron chi connectivity index (χ2n) is 5.69. The van der Waals surface area contributed by atoms with Gasteiger partial charge in [-0.1, -0.05) is 17.7 Å². The fourth-order valence-electron chi connectivity index (χ4n) is 2.33. The van der Waals surface area contributed by atoms with Crippen molar-refractivity contribution >= 4 is 23.1 Å². The van der Waals surface area contributed by atoms with Gasteiger partial charge in [-0.3, -0.25) is 4.79 Å². The lowest BCUT2D eigenvalue weighted by atomic mass is 10.1. The van der Waals surface area contributed by atoms with Gasteiger partial charge in [-0.15, -0.1) is 0 Å². The molecular formula is C19H17FN4O. The molecule has 1 heterocycles. The molecular weight excluding hydrogens is 319 g/mol. The van der Waals surface area contributed by atoms with E-state index in [9.17, 15) is 9.18 Å². The average Bonchev–Trinajstić information content (AvgIpc) is 2.60. The van der Waals surface area contributed by atoms with Crippen molar-refractivity contribution < 1.29 is 9.18 Å². The number of benzene rings is 2. The molecule has 0 saturated heterocycles. The first kappa shape index (κ1) is 16.6. The molecule has 0 radical (unpaired) electrons. The van der Waals surface area contributed by atoms with E-state index in [1.165, 1.54) is 24.5 Å². The van der Waals surface area contributed by atoms with Crippen LogP contribution in [0.15, 0.2) is 54.9 Å². The Hall–Kier alpha value is -3.28. The maximum Gasteiger partial charge on any atom is 0.275 e. The summed E-state index contributed by atoms with van der Waals surface area (Å²) < 4.78 is 12.9. The van der Waals surface area contributed by atoms with E-state index in [0.29, 0.717) is 11.5 Å². The number of nitrogens with zero attached hydrogens (tertiary/aromatic N) is 2. The summed E-state index contributed by atoms with van der Waals surface area (Å²) in [5.41, 5.74) is 3.75. The Morgan fingerprint density at radius 3 is 2.40 bits per heavy atom. The summed E-state index contributed by atoms with van der Waals surface area (Å²) in [6.07, 6.45) is 2.85. The number of rotatable bonds is 4. The van der Waals surface area contributed by atoms with E-state index in [0.717, 1.165) is 16.8 Å². The third kappa shape index (κ3) is 4.17. The zero-order chi connectivity index (χ0) is 17.8. The van der Waals surface area contributed by atoms with Crippen molar-refractivity contribution in [2.45, 2.75) is 13.8 Å². The van der Waals surface area contributed by atoms with Crippen LogP contribution in [0.2, 0.25) is 0 Å². The van der Waals surface area contributed by atoms with Crippen LogP contribution < -0.4 is 10.6 Å². The van der Waals surface area contributed by atoms with E-state index in [-0.39, 0.29) is 17.4 Å². The van der Waals surface area contributed by atoms with Crippen molar-refractivity contribution in [3.05, 3.63) is 77.5 Å². The fourth-order valence-corrected chi connectivity index (χ4v) is 2.33. The van der Waals surface area contributed by atoms with Gasteiger partial charge in [0.2, 0.25) is 0 Å². The number of hydrogen-bond acceptors (Lipinski definition) is 4. The van der Waals surface area contributed by atoms with Crippen LogP contribution in [0, 0.1) is 19.7 Å². The molecule has 0 unspecified atom stereocenters. The maximum atomic E-state index is 12.9. The molecule has 0 aliphatic heterocycles. The van der Waals surface area contributed by atoms with Crippen LogP contribution in [0.1, 0.15) is 21.6 Å². The van der Waals surface area contributed by atoms with E-state index in [1.54, 1.807) is 12.1 Å². The normalized spacial score (nSPS) is 10.4. The largest absolute Gasteiger partial charge is 0.339 e. The molecule has 1 aromatic heterocycles. The van der Waals surface area contributed by atoms with E-state index < -0.39 is 0 Å². The van der Waals surface area contributed by atoms with Gasteiger partial charge in [0.15, 0.2) is 0 Å². The SMILES string of the molecule is Cc1ccc(NC(=O)c2cnc(Nc3ccc(F)cc3)cn2)c(C)c1. The molecule has 0 aliphatic rings. The van der Waals surface area contributed by atoms with Crippen molar-refractivity contribution in [3.8, 4) is 0 Å². The molecule has 0 spiro atoms. The van der Waals surface area contributed by atoms with Crippen molar-refractivity contribution in [3.63, 3.8) is 0 Å². The summed E-state index contributed by atoms with van der Waals surface area (Å²) in [6, 6.07) is 11.7. The molecule has 0 fully saturated rings. The second-order valence-corrected chi connectivity index (χ2v) is 5.69. The Morgan fingerprint density at radius 2 is 1.76 bits per heavy atom. The highest BCUT2D eigenvalue weighted by Crippen LogP contribution is 2.17. The molecule has 3 rings (SSSR count). The Labute approximate surface area is 145 Å². The minimum absolute atomic E-state index is 0.213. The quantitative estimate of drug-likeness (QED) is 0.748. The van der Waals surface area contributed by atoms with Gasteiger partial charge in [-0.2, -0.15) is 0 Å². The van der Waals surface area contributed by atoms with E-state index in [2.05, 4.69) is 20.6 Å². The minimum atomic E-state index is -0.326. The number of carbonyl (C=O) groups is 1.